The van der Waals surface area contributed by atoms with Crippen LogP contribution in [0.3, 0.4) is 0 Å². The van der Waals surface area contributed by atoms with E-state index in [0.29, 0.717) is 13.0 Å². The standard InChI is InChI=1S/C22H25N3O3/c26-21(27)16-19(18-5-2-1-3-6-18)15-17-7-9-20(10-8-17)28-14-4-11-23-22-24-12-13-25-22/h1-3,5-10,12-13,19H,4,11,14-16H2,(H,26,27)(H2,23,24,25). The van der Waals surface area contributed by atoms with Crippen LogP contribution in [0.5, 0.6) is 5.75 Å². The summed E-state index contributed by atoms with van der Waals surface area (Å²) in [5, 5.41) is 12.4. The van der Waals surface area contributed by atoms with Crippen LogP contribution in [0.2, 0.25) is 0 Å². The van der Waals surface area contributed by atoms with Crippen LogP contribution in [0.1, 0.15) is 29.9 Å². The molecule has 0 aliphatic rings. The van der Waals surface area contributed by atoms with Gasteiger partial charge in [0.15, 0.2) is 5.95 Å². The van der Waals surface area contributed by atoms with Gasteiger partial charge >= 0.3 is 5.97 Å². The number of aromatic amines is 1. The van der Waals surface area contributed by atoms with Crippen molar-refractivity contribution in [1.82, 2.24) is 9.97 Å². The number of imidazole rings is 1. The molecule has 0 spiro atoms. The topological polar surface area (TPSA) is 87.2 Å². The summed E-state index contributed by atoms with van der Waals surface area (Å²) in [5.41, 5.74) is 2.15. The molecule has 0 saturated heterocycles. The molecule has 0 fully saturated rings. The third-order valence-electron chi connectivity index (χ3n) is 4.48. The molecule has 6 nitrogen and oxygen atoms in total. The van der Waals surface area contributed by atoms with E-state index >= 15 is 0 Å². The molecule has 3 aromatic rings. The van der Waals surface area contributed by atoms with Crippen LogP contribution in [0.4, 0.5) is 5.95 Å². The van der Waals surface area contributed by atoms with Gasteiger partial charge in [-0.3, -0.25) is 4.79 Å². The van der Waals surface area contributed by atoms with Gasteiger partial charge in [0.1, 0.15) is 5.75 Å². The number of ether oxygens (including phenoxy) is 1. The summed E-state index contributed by atoms with van der Waals surface area (Å²) < 4.78 is 5.77. The van der Waals surface area contributed by atoms with Gasteiger partial charge in [-0.25, -0.2) is 4.98 Å². The maximum atomic E-state index is 11.2. The number of nitrogens with one attached hydrogen (secondary N) is 2. The normalized spacial score (nSPS) is 11.7. The lowest BCUT2D eigenvalue weighted by molar-refractivity contribution is -0.137. The second-order valence-corrected chi connectivity index (χ2v) is 6.62. The van der Waals surface area contributed by atoms with E-state index in [1.165, 1.54) is 0 Å². The second kappa shape index (κ2) is 10.2. The minimum absolute atomic E-state index is 0.0434. The van der Waals surface area contributed by atoms with E-state index in [2.05, 4.69) is 15.3 Å². The van der Waals surface area contributed by atoms with Gasteiger partial charge in [-0.05, 0) is 42.0 Å². The number of aromatic nitrogens is 2. The van der Waals surface area contributed by atoms with Crippen molar-refractivity contribution in [3.05, 3.63) is 78.1 Å². The van der Waals surface area contributed by atoms with Gasteiger partial charge in [0.25, 0.3) is 0 Å². The van der Waals surface area contributed by atoms with E-state index in [-0.39, 0.29) is 12.3 Å². The molecule has 0 saturated carbocycles. The largest absolute Gasteiger partial charge is 0.494 e. The number of benzene rings is 2. The van der Waals surface area contributed by atoms with Crippen LogP contribution in [0.15, 0.2) is 67.0 Å². The number of anilines is 1. The maximum Gasteiger partial charge on any atom is 0.303 e. The van der Waals surface area contributed by atoms with Crippen LogP contribution >= 0.6 is 0 Å². The molecular weight excluding hydrogens is 354 g/mol. The highest BCUT2D eigenvalue weighted by molar-refractivity contribution is 5.68. The zero-order valence-electron chi connectivity index (χ0n) is 15.7. The molecule has 3 rings (SSSR count). The van der Waals surface area contributed by atoms with Crippen molar-refractivity contribution >= 4 is 11.9 Å². The Morgan fingerprint density at radius 3 is 2.61 bits per heavy atom. The number of aliphatic carboxylic acids is 1. The number of nitrogens with zero attached hydrogens (tertiary/aromatic N) is 1. The zero-order chi connectivity index (χ0) is 19.6. The minimum Gasteiger partial charge on any atom is -0.494 e. The number of hydrogen-bond acceptors (Lipinski definition) is 4. The van der Waals surface area contributed by atoms with Gasteiger partial charge in [0, 0.05) is 18.9 Å². The first-order valence-corrected chi connectivity index (χ1v) is 9.42. The Bertz CT molecular complexity index is 833. The number of rotatable bonds is 11. The molecule has 146 valence electrons. The van der Waals surface area contributed by atoms with Gasteiger partial charge in [-0.1, -0.05) is 42.5 Å². The molecule has 6 heteroatoms. The van der Waals surface area contributed by atoms with E-state index in [1.54, 1.807) is 12.4 Å². The Morgan fingerprint density at radius 2 is 1.93 bits per heavy atom. The van der Waals surface area contributed by atoms with Crippen LogP contribution in [-0.4, -0.2) is 34.2 Å². The molecule has 2 aromatic carbocycles. The van der Waals surface area contributed by atoms with Crippen molar-refractivity contribution in [2.24, 2.45) is 0 Å². The predicted octanol–water partition coefficient (Wildman–Crippen LogP) is 4.09. The fourth-order valence-electron chi connectivity index (χ4n) is 3.08. The predicted molar refractivity (Wildman–Crippen MR) is 109 cm³/mol. The molecule has 1 unspecified atom stereocenters. The lowest BCUT2D eigenvalue weighted by Crippen LogP contribution is -2.09. The number of carbonyl (C=O) groups is 1. The first kappa shape index (κ1) is 19.5. The monoisotopic (exact) mass is 379 g/mol. The van der Waals surface area contributed by atoms with Crippen molar-refractivity contribution in [1.29, 1.82) is 0 Å². The van der Waals surface area contributed by atoms with E-state index < -0.39 is 5.97 Å². The molecule has 1 atom stereocenters. The summed E-state index contributed by atoms with van der Waals surface area (Å²) in [5.74, 6) is 0.755. The molecule has 3 N–H and O–H groups in total. The molecule has 1 aromatic heterocycles. The van der Waals surface area contributed by atoms with E-state index in [4.69, 9.17) is 4.74 Å². The van der Waals surface area contributed by atoms with Gasteiger partial charge in [-0.2, -0.15) is 0 Å². The third-order valence-corrected chi connectivity index (χ3v) is 4.48. The van der Waals surface area contributed by atoms with Crippen LogP contribution in [0.25, 0.3) is 0 Å². The van der Waals surface area contributed by atoms with Gasteiger partial charge < -0.3 is 20.1 Å². The number of carboxylic acid groups (broad SMARTS) is 1. The Morgan fingerprint density at radius 1 is 1.14 bits per heavy atom. The molecular formula is C22H25N3O3. The highest BCUT2D eigenvalue weighted by Crippen LogP contribution is 2.25. The van der Waals surface area contributed by atoms with Crippen molar-refractivity contribution in [3.8, 4) is 5.75 Å². The van der Waals surface area contributed by atoms with Crippen molar-refractivity contribution < 1.29 is 14.6 Å². The summed E-state index contributed by atoms with van der Waals surface area (Å²) in [6.07, 6.45) is 5.14. The van der Waals surface area contributed by atoms with Gasteiger partial charge in [0.05, 0.1) is 13.0 Å². The highest BCUT2D eigenvalue weighted by Gasteiger charge is 2.16. The molecule has 0 bridgehead atoms. The fraction of sp³-hybridized carbons (Fsp3) is 0.273. The van der Waals surface area contributed by atoms with E-state index in [0.717, 1.165) is 35.8 Å². The lowest BCUT2D eigenvalue weighted by Gasteiger charge is -2.16. The average molecular weight is 379 g/mol. The van der Waals surface area contributed by atoms with Crippen molar-refractivity contribution in [3.63, 3.8) is 0 Å². The summed E-state index contributed by atoms with van der Waals surface area (Å²) in [7, 11) is 0. The molecule has 0 amide bonds. The molecule has 0 aliphatic heterocycles. The Balaban J connectivity index is 1.47. The summed E-state index contributed by atoms with van der Waals surface area (Å²) in [6, 6.07) is 17.7. The minimum atomic E-state index is -0.781. The van der Waals surface area contributed by atoms with Crippen molar-refractivity contribution in [2.45, 2.75) is 25.2 Å². The average Bonchev–Trinajstić information content (AvgIpc) is 3.22. The molecule has 28 heavy (non-hydrogen) atoms. The summed E-state index contributed by atoms with van der Waals surface area (Å²) in [6.45, 7) is 1.39. The molecule has 0 aliphatic carbocycles. The van der Waals surface area contributed by atoms with E-state index in [1.807, 2.05) is 54.6 Å². The second-order valence-electron chi connectivity index (χ2n) is 6.62. The van der Waals surface area contributed by atoms with Crippen LogP contribution in [-0.2, 0) is 11.2 Å². The van der Waals surface area contributed by atoms with Gasteiger partial charge in [0.2, 0.25) is 0 Å². The summed E-state index contributed by atoms with van der Waals surface area (Å²) >= 11 is 0. The molecule has 1 heterocycles. The smallest absolute Gasteiger partial charge is 0.303 e. The number of hydrogen-bond donors (Lipinski definition) is 3. The van der Waals surface area contributed by atoms with Crippen molar-refractivity contribution in [2.75, 3.05) is 18.5 Å². The third kappa shape index (κ3) is 6.16. The Kier molecular flexibility index (Phi) is 7.07. The Labute approximate surface area is 164 Å². The zero-order valence-corrected chi connectivity index (χ0v) is 15.7. The molecule has 0 radical (unpaired) electrons. The summed E-state index contributed by atoms with van der Waals surface area (Å²) in [4.78, 5) is 18.3. The fourth-order valence-corrected chi connectivity index (χ4v) is 3.08. The highest BCUT2D eigenvalue weighted by atomic mass is 16.5. The van der Waals surface area contributed by atoms with E-state index in [9.17, 15) is 9.90 Å². The number of carboxylic acids is 1. The SMILES string of the molecule is O=C(O)CC(Cc1ccc(OCCCNc2ncc[nH]2)cc1)c1ccccc1. The number of H-pyrrole nitrogens is 1. The first-order valence-electron chi connectivity index (χ1n) is 9.42. The quantitative estimate of drug-likeness (QED) is 0.437. The first-order chi connectivity index (χ1) is 13.7. The Hall–Kier alpha value is -3.28. The lowest BCUT2D eigenvalue weighted by atomic mass is 9.89. The van der Waals surface area contributed by atoms with Crippen LogP contribution < -0.4 is 10.1 Å². The maximum absolute atomic E-state index is 11.2. The van der Waals surface area contributed by atoms with Crippen LogP contribution in [0, 0.1) is 0 Å². The van der Waals surface area contributed by atoms with Gasteiger partial charge in [-0.15, -0.1) is 0 Å².